The van der Waals surface area contributed by atoms with Crippen molar-refractivity contribution >= 4 is 51.0 Å². The largest absolute Gasteiger partial charge is 0.496 e. The van der Waals surface area contributed by atoms with Gasteiger partial charge < -0.3 is 19.5 Å². The highest BCUT2D eigenvalue weighted by molar-refractivity contribution is 9.08. The highest BCUT2D eigenvalue weighted by atomic mass is 79.9. The van der Waals surface area contributed by atoms with Gasteiger partial charge in [0, 0.05) is 11.8 Å². The average Bonchev–Trinajstić information content (AvgIpc) is 2.87. The number of nitrogens with one attached hydrogen (secondary N) is 1. The molecule has 3 aromatic rings. The number of hydrogen-bond donors (Lipinski definition) is 1. The van der Waals surface area contributed by atoms with Gasteiger partial charge in [0.25, 0.3) is 5.91 Å². The molecule has 9 heteroatoms. The molecule has 0 saturated carbocycles. The van der Waals surface area contributed by atoms with Gasteiger partial charge in [-0.3, -0.25) is 4.79 Å². The fourth-order valence-corrected chi connectivity index (χ4v) is 4.54. The summed E-state index contributed by atoms with van der Waals surface area (Å²) in [6, 6.07) is 15.3. The fraction of sp³-hybridized carbons (Fsp3) is 0.231. The van der Waals surface area contributed by atoms with E-state index in [2.05, 4.69) is 21.2 Å². The first kappa shape index (κ1) is 26.9. The van der Waals surface area contributed by atoms with Gasteiger partial charge in [-0.1, -0.05) is 69.5 Å². The van der Waals surface area contributed by atoms with Gasteiger partial charge in [-0.2, -0.15) is 0 Å². The second kappa shape index (κ2) is 12.3. The molecule has 0 aliphatic rings. The molecular formula is C26H24BrCl2NO5. The van der Waals surface area contributed by atoms with Crippen LogP contribution >= 0.6 is 39.1 Å². The Hall–Kier alpha value is -2.74. The molecule has 1 atom stereocenters. The number of carbonyl (C=O) groups is 2. The molecule has 0 saturated heterocycles. The maximum Gasteiger partial charge on any atom is 0.328 e. The van der Waals surface area contributed by atoms with Crippen molar-refractivity contribution in [3.8, 4) is 22.6 Å². The predicted molar refractivity (Wildman–Crippen MR) is 141 cm³/mol. The van der Waals surface area contributed by atoms with Gasteiger partial charge in [0.2, 0.25) is 0 Å². The maximum atomic E-state index is 12.8. The number of esters is 1. The molecule has 0 heterocycles. The van der Waals surface area contributed by atoms with Crippen molar-refractivity contribution in [3.63, 3.8) is 0 Å². The molecule has 35 heavy (non-hydrogen) atoms. The van der Waals surface area contributed by atoms with Gasteiger partial charge in [0.15, 0.2) is 0 Å². The molecule has 0 aliphatic heterocycles. The van der Waals surface area contributed by atoms with Crippen LogP contribution in [-0.2, 0) is 21.3 Å². The second-order valence-corrected chi connectivity index (χ2v) is 8.93. The average molecular weight is 581 g/mol. The van der Waals surface area contributed by atoms with E-state index in [1.165, 1.54) is 7.11 Å². The third-order valence-corrected chi connectivity index (χ3v) is 6.66. The van der Waals surface area contributed by atoms with Crippen LogP contribution in [0.15, 0.2) is 54.6 Å². The number of hydrogen-bond acceptors (Lipinski definition) is 5. The standard InChI is InChI=1S/C26H24BrCl2NO5/c1-33-21-12-16(14-27)13-22(34-2)23(21)17-9-7-15(8-10-17)11-20(26(32)35-3)30-25(31)24-18(28)5-4-6-19(24)29/h4-10,12-13,20H,11,14H2,1-3H3,(H,30,31)/t20-/m0/s1. The molecule has 6 nitrogen and oxygen atoms in total. The molecule has 0 aliphatic carbocycles. The van der Waals surface area contributed by atoms with E-state index in [1.54, 1.807) is 32.4 Å². The zero-order valence-corrected chi connectivity index (χ0v) is 22.5. The summed E-state index contributed by atoms with van der Waals surface area (Å²) >= 11 is 15.7. The van der Waals surface area contributed by atoms with Gasteiger partial charge >= 0.3 is 5.97 Å². The molecular weight excluding hydrogens is 557 g/mol. The van der Waals surface area contributed by atoms with Gasteiger partial charge in [0.1, 0.15) is 17.5 Å². The van der Waals surface area contributed by atoms with Gasteiger partial charge in [-0.25, -0.2) is 4.79 Å². The maximum absolute atomic E-state index is 12.8. The van der Waals surface area contributed by atoms with E-state index >= 15 is 0 Å². The molecule has 0 fully saturated rings. The summed E-state index contributed by atoms with van der Waals surface area (Å²) in [7, 11) is 4.49. The quantitative estimate of drug-likeness (QED) is 0.245. The van der Waals surface area contributed by atoms with Crippen molar-refractivity contribution in [2.24, 2.45) is 0 Å². The number of rotatable bonds is 9. The Labute approximate surface area is 222 Å². The van der Waals surface area contributed by atoms with E-state index in [4.69, 9.17) is 37.4 Å². The van der Waals surface area contributed by atoms with E-state index in [0.29, 0.717) is 16.8 Å². The summed E-state index contributed by atoms with van der Waals surface area (Å²) in [5.41, 5.74) is 3.63. The van der Waals surface area contributed by atoms with Crippen molar-refractivity contribution in [3.05, 3.63) is 81.3 Å². The molecule has 3 aromatic carbocycles. The lowest BCUT2D eigenvalue weighted by atomic mass is 9.98. The minimum absolute atomic E-state index is 0.103. The molecule has 184 valence electrons. The van der Waals surface area contributed by atoms with Crippen LogP contribution in [0, 0.1) is 0 Å². The van der Waals surface area contributed by atoms with Crippen LogP contribution < -0.4 is 14.8 Å². The molecule has 0 radical (unpaired) electrons. The first-order valence-electron chi connectivity index (χ1n) is 10.6. The molecule has 0 bridgehead atoms. The van der Waals surface area contributed by atoms with E-state index in [0.717, 1.165) is 22.3 Å². The first-order chi connectivity index (χ1) is 16.8. The topological polar surface area (TPSA) is 73.9 Å². The third-order valence-electron chi connectivity index (χ3n) is 5.38. The minimum Gasteiger partial charge on any atom is -0.496 e. The Morgan fingerprint density at radius 3 is 1.97 bits per heavy atom. The first-order valence-corrected chi connectivity index (χ1v) is 12.4. The van der Waals surface area contributed by atoms with Crippen LogP contribution in [0.1, 0.15) is 21.5 Å². The van der Waals surface area contributed by atoms with E-state index in [1.807, 2.05) is 36.4 Å². The van der Waals surface area contributed by atoms with E-state index < -0.39 is 17.9 Å². The van der Waals surface area contributed by atoms with Crippen molar-refractivity contribution < 1.29 is 23.8 Å². The summed E-state index contributed by atoms with van der Waals surface area (Å²) < 4.78 is 16.1. The Bertz CT molecular complexity index is 1170. The van der Waals surface area contributed by atoms with E-state index in [9.17, 15) is 9.59 Å². The number of benzene rings is 3. The van der Waals surface area contributed by atoms with Gasteiger partial charge in [-0.05, 0) is 41.0 Å². The highest BCUT2D eigenvalue weighted by Gasteiger charge is 2.25. The molecule has 1 amide bonds. The molecule has 1 N–H and O–H groups in total. The Kier molecular flexibility index (Phi) is 9.43. The summed E-state index contributed by atoms with van der Waals surface area (Å²) in [5.74, 6) is 0.221. The van der Waals surface area contributed by atoms with Gasteiger partial charge in [-0.15, -0.1) is 0 Å². The molecule has 0 spiro atoms. The van der Waals surface area contributed by atoms with Gasteiger partial charge in [0.05, 0.1) is 42.5 Å². The summed E-state index contributed by atoms with van der Waals surface area (Å²) in [4.78, 5) is 25.2. The van der Waals surface area contributed by atoms with Crippen LogP contribution in [0.25, 0.3) is 11.1 Å². The summed E-state index contributed by atoms with van der Waals surface area (Å²) in [5, 5.41) is 3.73. The zero-order chi connectivity index (χ0) is 25.5. The normalized spacial score (nSPS) is 11.5. The zero-order valence-electron chi connectivity index (χ0n) is 19.4. The number of methoxy groups -OCH3 is 3. The van der Waals surface area contributed by atoms with Crippen molar-refractivity contribution in [1.82, 2.24) is 5.32 Å². The number of alkyl halides is 1. The fourth-order valence-electron chi connectivity index (χ4n) is 3.65. The lowest BCUT2D eigenvalue weighted by Gasteiger charge is -2.18. The van der Waals surface area contributed by atoms with Crippen molar-refractivity contribution in [2.45, 2.75) is 17.8 Å². The third kappa shape index (κ3) is 6.28. The Morgan fingerprint density at radius 2 is 1.49 bits per heavy atom. The second-order valence-electron chi connectivity index (χ2n) is 7.56. The van der Waals surface area contributed by atoms with Crippen molar-refractivity contribution in [1.29, 1.82) is 0 Å². The predicted octanol–water partition coefficient (Wildman–Crippen LogP) is 6.09. The monoisotopic (exact) mass is 579 g/mol. The Balaban J connectivity index is 1.87. The minimum atomic E-state index is -0.937. The van der Waals surface area contributed by atoms with Crippen LogP contribution in [0.5, 0.6) is 11.5 Å². The smallest absolute Gasteiger partial charge is 0.328 e. The lowest BCUT2D eigenvalue weighted by Crippen LogP contribution is -2.43. The number of halogens is 3. The number of ether oxygens (including phenoxy) is 3. The molecule has 0 unspecified atom stereocenters. The van der Waals surface area contributed by atoms with E-state index in [-0.39, 0.29) is 22.0 Å². The lowest BCUT2D eigenvalue weighted by molar-refractivity contribution is -0.142. The van der Waals surface area contributed by atoms with Crippen molar-refractivity contribution in [2.75, 3.05) is 21.3 Å². The SMILES string of the molecule is COC(=O)[C@H](Cc1ccc(-c2c(OC)cc(CBr)cc2OC)cc1)NC(=O)c1c(Cl)cccc1Cl. The summed E-state index contributed by atoms with van der Waals surface area (Å²) in [6.45, 7) is 0. The number of carbonyl (C=O) groups excluding carboxylic acids is 2. The highest BCUT2D eigenvalue weighted by Crippen LogP contribution is 2.40. The molecule has 3 rings (SSSR count). The Morgan fingerprint density at radius 1 is 0.914 bits per heavy atom. The van der Waals surface area contributed by atoms with Crippen LogP contribution in [-0.4, -0.2) is 39.2 Å². The van der Waals surface area contributed by atoms with Crippen LogP contribution in [0.3, 0.4) is 0 Å². The number of amides is 1. The summed E-state index contributed by atoms with van der Waals surface area (Å²) in [6.07, 6.45) is 0.206. The molecule has 0 aromatic heterocycles. The van der Waals surface area contributed by atoms with Crippen LogP contribution in [0.4, 0.5) is 0 Å². The van der Waals surface area contributed by atoms with Crippen LogP contribution in [0.2, 0.25) is 10.0 Å².